The lowest BCUT2D eigenvalue weighted by Gasteiger charge is -2.14. The topological polar surface area (TPSA) is 116 Å². The lowest BCUT2D eigenvalue weighted by atomic mass is 9.91. The molecule has 0 aliphatic heterocycles. The van der Waals surface area contributed by atoms with Crippen molar-refractivity contribution >= 4 is 17.3 Å². The van der Waals surface area contributed by atoms with Crippen LogP contribution in [0.4, 0.5) is 11.4 Å². The third kappa shape index (κ3) is 4.69. The molecule has 132 valence electrons. The van der Waals surface area contributed by atoms with Crippen molar-refractivity contribution in [3.63, 3.8) is 0 Å². The van der Waals surface area contributed by atoms with Crippen molar-refractivity contribution in [2.24, 2.45) is 0 Å². The van der Waals surface area contributed by atoms with Crippen LogP contribution in [0.5, 0.6) is 5.75 Å². The number of carboxylic acid groups (broad SMARTS) is 1. The van der Waals surface area contributed by atoms with Gasteiger partial charge in [0, 0.05) is 11.8 Å². The van der Waals surface area contributed by atoms with Gasteiger partial charge in [0.1, 0.15) is 0 Å². The number of aliphatic carboxylic acids is 1. The maximum Gasteiger partial charge on any atom is 0.311 e. The lowest BCUT2D eigenvalue weighted by Crippen LogP contribution is -2.14. The van der Waals surface area contributed by atoms with Gasteiger partial charge in [-0.15, -0.1) is 0 Å². The first-order valence-corrected chi connectivity index (χ1v) is 7.90. The number of nitrogens with zero attached hydrogens (tertiary/aromatic N) is 1. The van der Waals surface area contributed by atoms with Crippen LogP contribution in [-0.2, 0) is 11.2 Å². The monoisotopic (exact) mass is 344 g/mol. The smallest absolute Gasteiger partial charge is 0.311 e. The molecular formula is C18H20N2O5. The van der Waals surface area contributed by atoms with E-state index in [-0.39, 0.29) is 17.9 Å². The normalized spacial score (nSPS) is 11.7. The van der Waals surface area contributed by atoms with Crippen molar-refractivity contribution in [2.75, 3.05) is 12.3 Å². The number of nitro groups is 1. The molecule has 0 saturated heterocycles. The molecular weight excluding hydrogens is 324 g/mol. The fourth-order valence-electron chi connectivity index (χ4n) is 2.48. The Morgan fingerprint density at radius 2 is 1.96 bits per heavy atom. The van der Waals surface area contributed by atoms with Gasteiger partial charge in [0.05, 0.1) is 17.4 Å². The van der Waals surface area contributed by atoms with E-state index < -0.39 is 16.8 Å². The number of carbonyl (C=O) groups is 1. The van der Waals surface area contributed by atoms with Crippen molar-refractivity contribution in [3.8, 4) is 5.75 Å². The fourth-order valence-corrected chi connectivity index (χ4v) is 2.48. The number of benzene rings is 2. The minimum absolute atomic E-state index is 0.133. The SMILES string of the molecule is CCCOc1ccc(CC(C(=O)O)c2ccc(N)cc2)cc1[N+](=O)[O-]. The summed E-state index contributed by atoms with van der Waals surface area (Å²) in [5, 5.41) is 20.8. The molecule has 1 atom stereocenters. The Morgan fingerprint density at radius 1 is 1.28 bits per heavy atom. The van der Waals surface area contributed by atoms with Gasteiger partial charge in [0.15, 0.2) is 5.75 Å². The zero-order chi connectivity index (χ0) is 18.4. The highest BCUT2D eigenvalue weighted by Crippen LogP contribution is 2.31. The third-order valence-corrected chi connectivity index (χ3v) is 3.76. The van der Waals surface area contributed by atoms with Crippen molar-refractivity contribution < 1.29 is 19.6 Å². The summed E-state index contributed by atoms with van der Waals surface area (Å²) >= 11 is 0. The van der Waals surface area contributed by atoms with Crippen LogP contribution < -0.4 is 10.5 Å². The third-order valence-electron chi connectivity index (χ3n) is 3.76. The van der Waals surface area contributed by atoms with Gasteiger partial charge in [0.2, 0.25) is 0 Å². The van der Waals surface area contributed by atoms with E-state index in [1.807, 2.05) is 6.92 Å². The molecule has 0 radical (unpaired) electrons. The van der Waals surface area contributed by atoms with Gasteiger partial charge < -0.3 is 15.6 Å². The number of ether oxygens (including phenoxy) is 1. The van der Waals surface area contributed by atoms with Gasteiger partial charge in [-0.25, -0.2) is 0 Å². The van der Waals surface area contributed by atoms with Crippen LogP contribution in [0, 0.1) is 10.1 Å². The van der Waals surface area contributed by atoms with Gasteiger partial charge in [-0.3, -0.25) is 14.9 Å². The molecule has 0 spiro atoms. The molecule has 0 amide bonds. The Morgan fingerprint density at radius 3 is 2.52 bits per heavy atom. The molecule has 25 heavy (non-hydrogen) atoms. The summed E-state index contributed by atoms with van der Waals surface area (Å²) in [7, 11) is 0. The molecule has 0 aliphatic carbocycles. The minimum atomic E-state index is -1.00. The summed E-state index contributed by atoms with van der Waals surface area (Å²) in [5.74, 6) is -1.63. The van der Waals surface area contributed by atoms with E-state index >= 15 is 0 Å². The zero-order valence-corrected chi connectivity index (χ0v) is 13.8. The molecule has 2 rings (SSSR count). The van der Waals surface area contributed by atoms with Crippen LogP contribution in [0.15, 0.2) is 42.5 Å². The highest BCUT2D eigenvalue weighted by molar-refractivity contribution is 5.76. The van der Waals surface area contributed by atoms with Crippen LogP contribution >= 0.6 is 0 Å². The van der Waals surface area contributed by atoms with E-state index in [0.717, 1.165) is 6.42 Å². The molecule has 0 saturated carbocycles. The summed E-state index contributed by atoms with van der Waals surface area (Å²) in [6.45, 7) is 2.29. The van der Waals surface area contributed by atoms with E-state index in [1.165, 1.54) is 12.1 Å². The van der Waals surface area contributed by atoms with Crippen LogP contribution in [0.25, 0.3) is 0 Å². The van der Waals surface area contributed by atoms with Gasteiger partial charge in [-0.1, -0.05) is 25.1 Å². The average molecular weight is 344 g/mol. The summed E-state index contributed by atoms with van der Waals surface area (Å²) in [6.07, 6.45) is 0.866. The standard InChI is InChI=1S/C18H20N2O5/c1-2-9-25-17-8-3-12(11-16(17)20(23)24)10-15(18(21)22)13-4-6-14(19)7-5-13/h3-8,11,15H,2,9-10,19H2,1H3,(H,21,22). The summed E-state index contributed by atoms with van der Waals surface area (Å²) in [6, 6.07) is 11.1. The highest BCUT2D eigenvalue weighted by Gasteiger charge is 2.23. The van der Waals surface area contributed by atoms with Crippen molar-refractivity contribution in [1.82, 2.24) is 0 Å². The summed E-state index contributed by atoms with van der Waals surface area (Å²) in [4.78, 5) is 22.4. The molecule has 0 bridgehead atoms. The second-order valence-corrected chi connectivity index (χ2v) is 5.67. The Kier molecular flexibility index (Phi) is 5.94. The van der Waals surface area contributed by atoms with Gasteiger partial charge in [-0.05, 0) is 42.2 Å². The zero-order valence-electron chi connectivity index (χ0n) is 13.8. The molecule has 0 aliphatic rings. The number of rotatable bonds is 8. The van der Waals surface area contributed by atoms with Gasteiger partial charge in [-0.2, -0.15) is 0 Å². The molecule has 0 heterocycles. The summed E-state index contributed by atoms with van der Waals surface area (Å²) < 4.78 is 5.38. The predicted molar refractivity (Wildman–Crippen MR) is 93.8 cm³/mol. The number of anilines is 1. The molecule has 0 fully saturated rings. The number of carboxylic acids is 1. The van der Waals surface area contributed by atoms with E-state index in [2.05, 4.69) is 0 Å². The Balaban J connectivity index is 2.30. The molecule has 1 unspecified atom stereocenters. The van der Waals surface area contributed by atoms with Gasteiger partial charge in [0.25, 0.3) is 0 Å². The predicted octanol–water partition coefficient (Wildman–Crippen LogP) is 3.38. The second-order valence-electron chi connectivity index (χ2n) is 5.67. The van der Waals surface area contributed by atoms with Crippen LogP contribution in [0.3, 0.4) is 0 Å². The first-order valence-electron chi connectivity index (χ1n) is 7.90. The number of nitrogens with two attached hydrogens (primary N) is 1. The van der Waals surface area contributed by atoms with Crippen LogP contribution in [0.2, 0.25) is 0 Å². The quantitative estimate of drug-likeness (QED) is 0.431. The van der Waals surface area contributed by atoms with Crippen LogP contribution in [0.1, 0.15) is 30.4 Å². The Bertz CT molecular complexity index is 759. The number of hydrogen-bond donors (Lipinski definition) is 2. The van der Waals surface area contributed by atoms with Crippen molar-refractivity contribution in [1.29, 1.82) is 0 Å². The average Bonchev–Trinajstić information content (AvgIpc) is 2.59. The van der Waals surface area contributed by atoms with E-state index in [9.17, 15) is 20.0 Å². The number of nitro benzene ring substituents is 1. The van der Waals surface area contributed by atoms with Crippen molar-refractivity contribution in [2.45, 2.75) is 25.7 Å². The Labute approximate surface area is 145 Å². The maximum atomic E-state index is 11.6. The number of hydrogen-bond acceptors (Lipinski definition) is 5. The second kappa shape index (κ2) is 8.14. The fraction of sp³-hybridized carbons (Fsp3) is 0.278. The maximum absolute atomic E-state index is 11.6. The molecule has 2 aromatic rings. The molecule has 3 N–H and O–H groups in total. The molecule has 7 heteroatoms. The molecule has 7 nitrogen and oxygen atoms in total. The molecule has 2 aromatic carbocycles. The summed E-state index contributed by atoms with van der Waals surface area (Å²) in [5.41, 5.74) is 7.16. The van der Waals surface area contributed by atoms with Crippen LogP contribution in [-0.4, -0.2) is 22.6 Å². The Hall–Kier alpha value is -3.09. The largest absolute Gasteiger partial charge is 0.487 e. The van der Waals surface area contributed by atoms with Crippen molar-refractivity contribution in [3.05, 3.63) is 63.7 Å². The first kappa shape index (κ1) is 18.3. The van der Waals surface area contributed by atoms with E-state index in [1.54, 1.807) is 30.3 Å². The van der Waals surface area contributed by atoms with E-state index in [0.29, 0.717) is 23.4 Å². The van der Waals surface area contributed by atoms with Gasteiger partial charge >= 0.3 is 11.7 Å². The van der Waals surface area contributed by atoms with E-state index in [4.69, 9.17) is 10.5 Å². The minimum Gasteiger partial charge on any atom is -0.487 e. The lowest BCUT2D eigenvalue weighted by molar-refractivity contribution is -0.385. The molecule has 0 aromatic heterocycles. The highest BCUT2D eigenvalue weighted by atomic mass is 16.6. The number of nitrogen functional groups attached to an aromatic ring is 1. The first-order chi connectivity index (χ1) is 11.9.